The van der Waals surface area contributed by atoms with Gasteiger partial charge in [-0.05, 0) is 23.6 Å². The first kappa shape index (κ1) is 16.0. The van der Waals surface area contributed by atoms with E-state index in [9.17, 15) is 0 Å². The molecule has 5 nitrogen and oxygen atoms in total. The number of guanidine groups is 1. The number of benzene rings is 1. The molecule has 0 bridgehead atoms. The minimum atomic E-state index is 0.155. The monoisotopic (exact) mass is 297 g/mol. The maximum Gasteiger partial charge on any atom is 0.185 e. The predicted molar refractivity (Wildman–Crippen MR) is 90.1 cm³/mol. The Bertz CT molecular complexity index is 523. The fourth-order valence-corrected chi connectivity index (χ4v) is 2.31. The quantitative estimate of drug-likeness (QED) is 0.442. The van der Waals surface area contributed by atoms with Crippen LogP contribution >= 0.6 is 0 Å². The molecule has 0 spiro atoms. The minimum absolute atomic E-state index is 0.155. The van der Waals surface area contributed by atoms with Crippen molar-refractivity contribution in [3.63, 3.8) is 0 Å². The first-order valence-electron chi connectivity index (χ1n) is 7.44. The number of rotatable bonds is 8. The van der Waals surface area contributed by atoms with Gasteiger partial charge in [0.2, 0.25) is 0 Å². The van der Waals surface area contributed by atoms with Crippen LogP contribution in [0.2, 0.25) is 0 Å². The highest BCUT2D eigenvalue weighted by atomic mass is 15.1. The SMILES string of the molecule is NC(N)=NCCCN(Cc1ccccc1)Cc1cccnc1. The van der Waals surface area contributed by atoms with Gasteiger partial charge < -0.3 is 11.5 Å². The van der Waals surface area contributed by atoms with Crippen molar-refractivity contribution in [1.29, 1.82) is 0 Å². The average molecular weight is 297 g/mol. The summed E-state index contributed by atoms with van der Waals surface area (Å²) in [5.41, 5.74) is 13.2. The van der Waals surface area contributed by atoms with Crippen molar-refractivity contribution in [3.05, 3.63) is 66.0 Å². The zero-order chi connectivity index (χ0) is 15.6. The van der Waals surface area contributed by atoms with Gasteiger partial charge in [0.05, 0.1) is 0 Å². The fraction of sp³-hybridized carbons (Fsp3) is 0.294. The summed E-state index contributed by atoms with van der Waals surface area (Å²) in [6.45, 7) is 3.35. The lowest BCUT2D eigenvalue weighted by molar-refractivity contribution is 0.255. The molecule has 5 heteroatoms. The second-order valence-corrected chi connectivity index (χ2v) is 5.22. The van der Waals surface area contributed by atoms with Crippen molar-refractivity contribution in [1.82, 2.24) is 9.88 Å². The smallest absolute Gasteiger partial charge is 0.185 e. The van der Waals surface area contributed by atoms with E-state index in [0.29, 0.717) is 6.54 Å². The predicted octanol–water partition coefficient (Wildman–Crippen LogP) is 1.75. The van der Waals surface area contributed by atoms with Crippen LogP contribution in [0.1, 0.15) is 17.5 Å². The lowest BCUT2D eigenvalue weighted by atomic mass is 10.2. The Balaban J connectivity index is 1.95. The minimum Gasteiger partial charge on any atom is -0.370 e. The van der Waals surface area contributed by atoms with Gasteiger partial charge in [-0.1, -0.05) is 36.4 Å². The molecule has 1 aromatic heterocycles. The molecule has 1 aromatic carbocycles. The van der Waals surface area contributed by atoms with E-state index in [1.807, 2.05) is 18.3 Å². The van der Waals surface area contributed by atoms with Crippen LogP contribution < -0.4 is 11.5 Å². The Morgan fingerprint density at radius 3 is 2.41 bits per heavy atom. The van der Waals surface area contributed by atoms with Crippen molar-refractivity contribution >= 4 is 5.96 Å². The van der Waals surface area contributed by atoms with Crippen LogP contribution in [0, 0.1) is 0 Å². The maximum atomic E-state index is 5.36. The van der Waals surface area contributed by atoms with Gasteiger partial charge in [0.1, 0.15) is 0 Å². The van der Waals surface area contributed by atoms with Gasteiger partial charge >= 0.3 is 0 Å². The molecule has 0 saturated heterocycles. The van der Waals surface area contributed by atoms with Gasteiger partial charge in [-0.2, -0.15) is 0 Å². The molecule has 0 amide bonds. The van der Waals surface area contributed by atoms with Crippen LogP contribution in [0.25, 0.3) is 0 Å². The standard InChI is InChI=1S/C17H23N5/c18-17(19)21-10-5-11-22(13-15-6-2-1-3-7-15)14-16-8-4-9-20-12-16/h1-4,6-9,12H,5,10-11,13-14H2,(H4,18,19,21). The summed E-state index contributed by atoms with van der Waals surface area (Å²) in [6.07, 6.45) is 4.63. The van der Waals surface area contributed by atoms with Crippen LogP contribution in [-0.4, -0.2) is 28.9 Å². The second-order valence-electron chi connectivity index (χ2n) is 5.22. The summed E-state index contributed by atoms with van der Waals surface area (Å²) in [5, 5.41) is 0. The molecule has 0 aliphatic carbocycles. The maximum absolute atomic E-state index is 5.36. The van der Waals surface area contributed by atoms with E-state index in [1.165, 1.54) is 11.1 Å². The Kier molecular flexibility index (Phi) is 6.39. The van der Waals surface area contributed by atoms with E-state index in [4.69, 9.17) is 11.5 Å². The molecule has 4 N–H and O–H groups in total. The van der Waals surface area contributed by atoms with Gasteiger partial charge in [-0.3, -0.25) is 14.9 Å². The number of hydrogen-bond acceptors (Lipinski definition) is 3. The molecule has 0 aliphatic heterocycles. The number of hydrogen-bond donors (Lipinski definition) is 2. The Labute approximate surface area is 131 Å². The Hall–Kier alpha value is -2.40. The number of aliphatic imine (C=N–C) groups is 1. The third-order valence-corrected chi connectivity index (χ3v) is 3.30. The zero-order valence-corrected chi connectivity index (χ0v) is 12.7. The summed E-state index contributed by atoms with van der Waals surface area (Å²) in [7, 11) is 0. The molecule has 0 saturated carbocycles. The number of pyridine rings is 1. The highest BCUT2D eigenvalue weighted by molar-refractivity contribution is 5.75. The van der Waals surface area contributed by atoms with Crippen molar-refractivity contribution < 1.29 is 0 Å². The van der Waals surface area contributed by atoms with E-state index in [-0.39, 0.29) is 5.96 Å². The molecular weight excluding hydrogens is 274 g/mol. The van der Waals surface area contributed by atoms with Crippen molar-refractivity contribution in [2.75, 3.05) is 13.1 Å². The normalized spacial score (nSPS) is 10.6. The van der Waals surface area contributed by atoms with E-state index >= 15 is 0 Å². The molecule has 0 atom stereocenters. The zero-order valence-electron chi connectivity index (χ0n) is 12.7. The highest BCUT2D eigenvalue weighted by Gasteiger charge is 2.07. The van der Waals surface area contributed by atoms with Crippen molar-refractivity contribution in [2.24, 2.45) is 16.5 Å². The molecule has 0 fully saturated rings. The van der Waals surface area contributed by atoms with Crippen molar-refractivity contribution in [2.45, 2.75) is 19.5 Å². The van der Waals surface area contributed by atoms with Crippen molar-refractivity contribution in [3.8, 4) is 0 Å². The summed E-state index contributed by atoms with van der Waals surface area (Å²) in [5.74, 6) is 0.155. The first-order chi connectivity index (χ1) is 10.7. The molecule has 2 aromatic rings. The Morgan fingerprint density at radius 1 is 1.00 bits per heavy atom. The molecule has 0 aliphatic rings. The number of nitrogens with zero attached hydrogens (tertiary/aromatic N) is 3. The first-order valence-corrected chi connectivity index (χ1v) is 7.44. The van der Waals surface area contributed by atoms with E-state index in [1.54, 1.807) is 6.20 Å². The molecule has 0 unspecified atom stereocenters. The molecule has 2 rings (SSSR count). The summed E-state index contributed by atoms with van der Waals surface area (Å²) in [6, 6.07) is 14.5. The summed E-state index contributed by atoms with van der Waals surface area (Å²) < 4.78 is 0. The molecule has 1 heterocycles. The van der Waals surface area contributed by atoms with E-state index < -0.39 is 0 Å². The van der Waals surface area contributed by atoms with Crippen LogP contribution in [-0.2, 0) is 13.1 Å². The van der Waals surface area contributed by atoms with Gasteiger partial charge in [0.25, 0.3) is 0 Å². The fourth-order valence-electron chi connectivity index (χ4n) is 2.31. The largest absolute Gasteiger partial charge is 0.370 e. The van der Waals surface area contributed by atoms with E-state index in [0.717, 1.165) is 26.1 Å². The van der Waals surface area contributed by atoms with Gasteiger partial charge in [-0.25, -0.2) is 0 Å². The lowest BCUT2D eigenvalue weighted by Gasteiger charge is -2.22. The number of nitrogens with two attached hydrogens (primary N) is 2. The summed E-state index contributed by atoms with van der Waals surface area (Å²) >= 11 is 0. The molecule has 0 radical (unpaired) electrons. The molecule has 116 valence electrons. The Morgan fingerprint density at radius 2 is 1.73 bits per heavy atom. The lowest BCUT2D eigenvalue weighted by Crippen LogP contribution is -2.26. The summed E-state index contributed by atoms with van der Waals surface area (Å²) in [4.78, 5) is 10.6. The molecular formula is C17H23N5. The highest BCUT2D eigenvalue weighted by Crippen LogP contribution is 2.10. The topological polar surface area (TPSA) is 80.5 Å². The van der Waals surface area contributed by atoms with E-state index in [2.05, 4.69) is 45.2 Å². The third-order valence-electron chi connectivity index (χ3n) is 3.30. The van der Waals surface area contributed by atoms with Gasteiger partial charge in [0, 0.05) is 38.6 Å². The third kappa shape index (κ3) is 5.93. The van der Waals surface area contributed by atoms with Gasteiger partial charge in [-0.15, -0.1) is 0 Å². The second kappa shape index (κ2) is 8.79. The van der Waals surface area contributed by atoms with Crippen LogP contribution in [0.4, 0.5) is 0 Å². The van der Waals surface area contributed by atoms with Crippen LogP contribution in [0.3, 0.4) is 0 Å². The van der Waals surface area contributed by atoms with Gasteiger partial charge in [0.15, 0.2) is 5.96 Å². The number of aromatic nitrogens is 1. The van der Waals surface area contributed by atoms with Crippen LogP contribution in [0.15, 0.2) is 59.9 Å². The average Bonchev–Trinajstić information content (AvgIpc) is 2.53. The molecule has 22 heavy (non-hydrogen) atoms. The van der Waals surface area contributed by atoms with Crippen LogP contribution in [0.5, 0.6) is 0 Å².